The van der Waals surface area contributed by atoms with Crippen LogP contribution in [-0.4, -0.2) is 24.1 Å². The van der Waals surface area contributed by atoms with Crippen LogP contribution in [0.25, 0.3) is 0 Å². The van der Waals surface area contributed by atoms with Crippen LogP contribution in [0.4, 0.5) is 19.3 Å². The second-order valence-electron chi connectivity index (χ2n) is 10.2. The van der Waals surface area contributed by atoms with E-state index >= 15 is 0 Å². The Kier molecular flexibility index (Phi) is 7.04. The summed E-state index contributed by atoms with van der Waals surface area (Å²) in [6.07, 6.45) is 7.90. The molecule has 0 spiro atoms. The predicted molar refractivity (Wildman–Crippen MR) is 132 cm³/mol. The van der Waals surface area contributed by atoms with Gasteiger partial charge in [-0.3, -0.25) is 9.88 Å². The van der Waals surface area contributed by atoms with E-state index in [2.05, 4.69) is 41.5 Å². The second-order valence-corrected chi connectivity index (χ2v) is 10.9. The van der Waals surface area contributed by atoms with Gasteiger partial charge in [-0.1, -0.05) is 46.5 Å². The fourth-order valence-corrected chi connectivity index (χ4v) is 5.00. The number of hydrogen-bond donors (Lipinski definition) is 1. The van der Waals surface area contributed by atoms with Crippen molar-refractivity contribution in [2.24, 2.45) is 11.3 Å². The molecule has 1 unspecified atom stereocenters. The first kappa shape index (κ1) is 24.1. The minimum atomic E-state index is -3.09. The molecule has 2 aliphatic rings. The zero-order valence-corrected chi connectivity index (χ0v) is 20.6. The van der Waals surface area contributed by atoms with Gasteiger partial charge in [-0.05, 0) is 79.9 Å². The van der Waals surface area contributed by atoms with Gasteiger partial charge in [0.1, 0.15) is 5.69 Å². The maximum atomic E-state index is 13.8. The quantitative estimate of drug-likeness (QED) is 0.460. The predicted octanol–water partition coefficient (Wildman–Crippen LogP) is 6.60. The van der Waals surface area contributed by atoms with E-state index in [0.717, 1.165) is 38.5 Å². The van der Waals surface area contributed by atoms with Crippen LogP contribution in [0.1, 0.15) is 68.2 Å². The number of rotatable bonds is 7. The maximum absolute atomic E-state index is 13.8. The first-order valence-electron chi connectivity index (χ1n) is 11.9. The van der Waals surface area contributed by atoms with Crippen molar-refractivity contribution in [2.75, 3.05) is 18.0 Å². The van der Waals surface area contributed by atoms with Crippen LogP contribution in [0.5, 0.6) is 0 Å². The van der Waals surface area contributed by atoms with E-state index < -0.39 is 5.66 Å². The molecule has 178 valence electrons. The molecule has 33 heavy (non-hydrogen) atoms. The Balaban J connectivity index is 1.52. The maximum Gasteiger partial charge on any atom is 0.321 e. The van der Waals surface area contributed by atoms with Gasteiger partial charge in [0.2, 0.25) is 0 Å². The average molecular weight is 474 g/mol. The molecule has 1 aromatic carbocycles. The molecule has 0 bridgehead atoms. The number of aryl methyl sites for hydroxylation is 1. The lowest BCUT2D eigenvalue weighted by molar-refractivity contribution is 0.0986. The SMILES string of the molecule is Cc1cc(C(F)(F)P)ncc1N(CC1(C)CCC(c2ccccc2)CC1)C(=O)NCC1CC1. The summed E-state index contributed by atoms with van der Waals surface area (Å²) in [5, 5.41) is 3.06. The number of carbonyl (C=O) groups excluding carboxylic acids is 1. The van der Waals surface area contributed by atoms with Crippen LogP contribution in [0, 0.1) is 18.3 Å². The molecule has 4 rings (SSSR count). The number of nitrogens with one attached hydrogen (secondary N) is 1. The Bertz CT molecular complexity index is 967. The highest BCUT2D eigenvalue weighted by Gasteiger charge is 2.36. The Morgan fingerprint density at radius 3 is 2.45 bits per heavy atom. The van der Waals surface area contributed by atoms with E-state index in [9.17, 15) is 13.6 Å². The smallest absolute Gasteiger partial charge is 0.321 e. The van der Waals surface area contributed by atoms with Gasteiger partial charge in [0.15, 0.2) is 0 Å². The fourth-order valence-electron chi connectivity index (χ4n) is 4.84. The summed E-state index contributed by atoms with van der Waals surface area (Å²) in [5.74, 6) is 1.11. The molecule has 0 radical (unpaired) electrons. The van der Waals surface area contributed by atoms with Gasteiger partial charge in [-0.2, -0.15) is 8.78 Å². The molecule has 1 aromatic heterocycles. The third-order valence-corrected chi connectivity index (χ3v) is 7.50. The van der Waals surface area contributed by atoms with Crippen molar-refractivity contribution < 1.29 is 13.6 Å². The molecule has 7 heteroatoms. The normalized spacial score (nSPS) is 23.2. The number of pyridine rings is 1. The van der Waals surface area contributed by atoms with Crippen LogP contribution in [-0.2, 0) is 5.66 Å². The topological polar surface area (TPSA) is 45.2 Å². The second kappa shape index (κ2) is 9.66. The van der Waals surface area contributed by atoms with E-state index in [1.165, 1.54) is 27.1 Å². The van der Waals surface area contributed by atoms with E-state index in [0.29, 0.717) is 36.2 Å². The highest BCUT2D eigenvalue weighted by molar-refractivity contribution is 7.17. The summed E-state index contributed by atoms with van der Waals surface area (Å²) in [4.78, 5) is 19.0. The van der Waals surface area contributed by atoms with Crippen LogP contribution in [0.3, 0.4) is 0 Å². The Labute approximate surface area is 197 Å². The summed E-state index contributed by atoms with van der Waals surface area (Å²) in [7, 11) is 1.53. The van der Waals surface area contributed by atoms with Crippen molar-refractivity contribution in [3.8, 4) is 0 Å². The van der Waals surface area contributed by atoms with Crippen molar-refractivity contribution in [1.29, 1.82) is 0 Å². The number of benzene rings is 1. The number of halogens is 2. The summed E-state index contributed by atoms with van der Waals surface area (Å²) < 4.78 is 27.5. The summed E-state index contributed by atoms with van der Waals surface area (Å²) in [6, 6.07) is 11.8. The van der Waals surface area contributed by atoms with Crippen LogP contribution in [0.15, 0.2) is 42.6 Å². The van der Waals surface area contributed by atoms with Gasteiger partial charge in [-0.15, -0.1) is 0 Å². The molecule has 2 aromatic rings. The third-order valence-electron chi connectivity index (χ3n) is 7.20. The lowest BCUT2D eigenvalue weighted by atomic mass is 9.70. The van der Waals surface area contributed by atoms with Crippen molar-refractivity contribution >= 4 is 21.0 Å². The van der Waals surface area contributed by atoms with Crippen molar-refractivity contribution in [1.82, 2.24) is 10.3 Å². The minimum Gasteiger partial charge on any atom is -0.337 e. The molecule has 1 N–H and O–H groups in total. The van der Waals surface area contributed by atoms with Gasteiger partial charge in [0, 0.05) is 13.1 Å². The lowest BCUT2D eigenvalue weighted by Gasteiger charge is -2.41. The molecule has 0 aliphatic heterocycles. The Hall–Kier alpha value is -2.07. The van der Waals surface area contributed by atoms with E-state index in [4.69, 9.17) is 0 Å². The molecular formula is C26H34F2N3OP. The Morgan fingerprint density at radius 1 is 1.21 bits per heavy atom. The molecule has 0 saturated heterocycles. The van der Waals surface area contributed by atoms with Crippen LogP contribution >= 0.6 is 9.24 Å². The zero-order valence-electron chi connectivity index (χ0n) is 19.5. The average Bonchev–Trinajstić information content (AvgIpc) is 3.61. The van der Waals surface area contributed by atoms with Gasteiger partial charge in [-0.25, -0.2) is 4.79 Å². The van der Waals surface area contributed by atoms with Crippen LogP contribution < -0.4 is 10.2 Å². The summed E-state index contributed by atoms with van der Waals surface area (Å²) in [5.41, 5.74) is -0.825. The van der Waals surface area contributed by atoms with Gasteiger partial charge in [0.25, 0.3) is 5.66 Å². The number of urea groups is 1. The van der Waals surface area contributed by atoms with E-state index in [-0.39, 0.29) is 17.1 Å². The number of hydrogen-bond acceptors (Lipinski definition) is 2. The molecule has 2 amide bonds. The summed E-state index contributed by atoms with van der Waals surface area (Å²) >= 11 is 0. The van der Waals surface area contributed by atoms with Crippen molar-refractivity contribution in [3.63, 3.8) is 0 Å². The summed E-state index contributed by atoms with van der Waals surface area (Å²) in [6.45, 7) is 5.22. The third kappa shape index (κ3) is 6.09. The molecular weight excluding hydrogens is 439 g/mol. The molecule has 2 aliphatic carbocycles. The molecule has 2 fully saturated rings. The number of nitrogens with zero attached hydrogens (tertiary/aromatic N) is 2. The highest BCUT2D eigenvalue weighted by Crippen LogP contribution is 2.44. The van der Waals surface area contributed by atoms with Crippen LogP contribution in [0.2, 0.25) is 0 Å². The standard InChI is InChI=1S/C26H34F2N3OP/c1-18-14-23(26(27,28)33)29-16-22(18)31(24(32)30-15-19-8-9-19)17-25(2)12-10-21(11-13-25)20-6-4-3-5-7-20/h3-7,14,16,19,21H,8-13,15,17,33H2,1-2H3,(H,30,32). The monoisotopic (exact) mass is 473 g/mol. The number of alkyl halides is 2. The minimum absolute atomic E-state index is 0.0438. The van der Waals surface area contributed by atoms with Gasteiger partial charge < -0.3 is 5.32 Å². The molecule has 1 heterocycles. The number of carbonyl (C=O) groups is 1. The number of anilines is 1. The molecule has 2 saturated carbocycles. The zero-order chi connectivity index (χ0) is 23.6. The largest absolute Gasteiger partial charge is 0.337 e. The number of aromatic nitrogens is 1. The lowest BCUT2D eigenvalue weighted by Crippen LogP contribution is -2.47. The van der Waals surface area contributed by atoms with Crippen molar-refractivity contribution in [2.45, 2.75) is 64.0 Å². The highest BCUT2D eigenvalue weighted by atomic mass is 31.0. The van der Waals surface area contributed by atoms with Gasteiger partial charge >= 0.3 is 6.03 Å². The van der Waals surface area contributed by atoms with Crippen molar-refractivity contribution in [3.05, 3.63) is 59.4 Å². The first-order valence-corrected chi connectivity index (χ1v) is 12.5. The molecule has 4 nitrogen and oxygen atoms in total. The van der Waals surface area contributed by atoms with E-state index in [1.807, 2.05) is 6.07 Å². The molecule has 1 atom stereocenters. The Morgan fingerprint density at radius 2 is 1.88 bits per heavy atom. The fraction of sp³-hybridized carbons (Fsp3) is 0.538. The number of amides is 2. The van der Waals surface area contributed by atoms with E-state index in [1.54, 1.807) is 11.8 Å². The first-order chi connectivity index (χ1) is 15.6. The van der Waals surface area contributed by atoms with Gasteiger partial charge in [0.05, 0.1) is 11.9 Å².